The fourth-order valence-electron chi connectivity index (χ4n) is 3.28. The van der Waals surface area contributed by atoms with Gasteiger partial charge in [-0.05, 0) is 35.4 Å². The van der Waals surface area contributed by atoms with Crippen LogP contribution in [0.3, 0.4) is 0 Å². The van der Waals surface area contributed by atoms with Crippen LogP contribution in [0.4, 0.5) is 10.1 Å². The third-order valence-corrected chi connectivity index (χ3v) is 4.50. The molecule has 0 radical (unpaired) electrons. The second-order valence-corrected chi connectivity index (χ2v) is 6.32. The van der Waals surface area contributed by atoms with Gasteiger partial charge in [0, 0.05) is 54.7 Å². The molecule has 5 heteroatoms. The van der Waals surface area contributed by atoms with E-state index in [9.17, 15) is 9.18 Å². The topological polar surface area (TPSA) is 57.2 Å². The number of aromatic nitrogens is 1. The lowest BCUT2D eigenvalue weighted by molar-refractivity contribution is -0.118. The van der Waals surface area contributed by atoms with Crippen molar-refractivity contribution in [3.05, 3.63) is 54.0 Å². The van der Waals surface area contributed by atoms with Gasteiger partial charge in [0.2, 0.25) is 5.91 Å². The van der Waals surface area contributed by atoms with E-state index in [1.54, 1.807) is 6.07 Å². The molecule has 0 saturated heterocycles. The number of fused-ring (bicyclic) bond motifs is 2. The molecule has 0 unspecified atom stereocenters. The normalized spacial score (nSPS) is 13.0. The molecule has 0 aliphatic carbocycles. The van der Waals surface area contributed by atoms with Crippen molar-refractivity contribution in [2.45, 2.75) is 19.8 Å². The number of halogens is 1. The number of hydrogen-bond acceptors (Lipinski definition) is 2. The molecule has 1 aliphatic heterocycles. The standard InChI is InChI=1S/C20H18FN3O/c1-12(25)22-7-6-16-8-14-3-2-13(9-19(14)24-16)18-11-23-20-10-15(21)4-5-17(18)20/h2-5,9-11,23H,6-8H2,1H3,(H,22,25). The molecule has 4 rings (SSSR count). The predicted molar refractivity (Wildman–Crippen MR) is 97.8 cm³/mol. The third kappa shape index (κ3) is 3.05. The van der Waals surface area contributed by atoms with Crippen molar-refractivity contribution in [1.29, 1.82) is 0 Å². The summed E-state index contributed by atoms with van der Waals surface area (Å²) in [6, 6.07) is 11.0. The average molecular weight is 335 g/mol. The van der Waals surface area contributed by atoms with Gasteiger partial charge in [0.25, 0.3) is 0 Å². The van der Waals surface area contributed by atoms with Crippen molar-refractivity contribution in [3.8, 4) is 11.1 Å². The van der Waals surface area contributed by atoms with Gasteiger partial charge in [-0.2, -0.15) is 0 Å². The van der Waals surface area contributed by atoms with Crippen molar-refractivity contribution < 1.29 is 9.18 Å². The summed E-state index contributed by atoms with van der Waals surface area (Å²) < 4.78 is 13.4. The molecule has 2 heterocycles. The van der Waals surface area contributed by atoms with Gasteiger partial charge in [-0.15, -0.1) is 0 Å². The number of H-pyrrole nitrogens is 1. The van der Waals surface area contributed by atoms with Crippen LogP contribution in [0.1, 0.15) is 18.9 Å². The summed E-state index contributed by atoms with van der Waals surface area (Å²) in [6.45, 7) is 2.13. The average Bonchev–Trinajstić information content (AvgIpc) is 3.16. The Kier molecular flexibility index (Phi) is 3.84. The fraction of sp³-hybridized carbons (Fsp3) is 0.200. The maximum Gasteiger partial charge on any atom is 0.216 e. The molecular formula is C20H18FN3O. The number of aromatic amines is 1. The molecule has 2 aromatic carbocycles. The maximum atomic E-state index is 13.4. The zero-order valence-corrected chi connectivity index (χ0v) is 13.9. The summed E-state index contributed by atoms with van der Waals surface area (Å²) in [5.74, 6) is -0.266. The Morgan fingerprint density at radius 1 is 1.28 bits per heavy atom. The Bertz CT molecular complexity index is 1000. The van der Waals surface area contributed by atoms with E-state index in [4.69, 9.17) is 4.99 Å². The van der Waals surface area contributed by atoms with Crippen LogP contribution < -0.4 is 5.32 Å². The van der Waals surface area contributed by atoms with Gasteiger partial charge in [-0.1, -0.05) is 12.1 Å². The minimum Gasteiger partial charge on any atom is -0.360 e. The first kappa shape index (κ1) is 15.6. The lowest BCUT2D eigenvalue weighted by Gasteiger charge is -2.03. The fourth-order valence-corrected chi connectivity index (χ4v) is 3.28. The second kappa shape index (κ2) is 6.16. The van der Waals surface area contributed by atoms with Crippen LogP contribution >= 0.6 is 0 Å². The van der Waals surface area contributed by atoms with Crippen LogP contribution in [-0.4, -0.2) is 23.1 Å². The van der Waals surface area contributed by atoms with E-state index in [-0.39, 0.29) is 11.7 Å². The van der Waals surface area contributed by atoms with Crippen LogP contribution in [-0.2, 0) is 11.2 Å². The van der Waals surface area contributed by atoms with Gasteiger partial charge in [-0.3, -0.25) is 9.79 Å². The maximum absolute atomic E-state index is 13.4. The zero-order valence-electron chi connectivity index (χ0n) is 13.9. The highest BCUT2D eigenvalue weighted by molar-refractivity contribution is 5.98. The quantitative estimate of drug-likeness (QED) is 0.740. The number of amides is 1. The minimum absolute atomic E-state index is 0.0193. The Morgan fingerprint density at radius 3 is 3.00 bits per heavy atom. The van der Waals surface area contributed by atoms with Crippen LogP contribution in [0.5, 0.6) is 0 Å². The molecule has 3 aromatic rings. The number of hydrogen-bond donors (Lipinski definition) is 2. The highest BCUT2D eigenvalue weighted by Crippen LogP contribution is 2.35. The summed E-state index contributed by atoms with van der Waals surface area (Å²) in [5, 5.41) is 3.80. The SMILES string of the molecule is CC(=O)NCCC1=Nc2cc(-c3c[nH]c4cc(F)ccc34)ccc2C1. The van der Waals surface area contributed by atoms with E-state index in [0.29, 0.717) is 6.54 Å². The highest BCUT2D eigenvalue weighted by atomic mass is 19.1. The van der Waals surface area contributed by atoms with Crippen LogP contribution in [0.2, 0.25) is 0 Å². The number of nitrogens with zero attached hydrogens (tertiary/aromatic N) is 1. The Balaban J connectivity index is 1.61. The number of aliphatic imine (C=N–C) groups is 1. The van der Waals surface area contributed by atoms with Gasteiger partial charge in [-0.25, -0.2) is 4.39 Å². The number of benzene rings is 2. The monoisotopic (exact) mass is 335 g/mol. The smallest absolute Gasteiger partial charge is 0.216 e. The Morgan fingerprint density at radius 2 is 2.16 bits per heavy atom. The third-order valence-electron chi connectivity index (χ3n) is 4.50. The lowest BCUT2D eigenvalue weighted by Crippen LogP contribution is -2.23. The summed E-state index contributed by atoms with van der Waals surface area (Å²) in [4.78, 5) is 18.8. The molecule has 0 spiro atoms. The molecule has 126 valence electrons. The van der Waals surface area contributed by atoms with E-state index < -0.39 is 0 Å². The van der Waals surface area contributed by atoms with Gasteiger partial charge < -0.3 is 10.3 Å². The summed E-state index contributed by atoms with van der Waals surface area (Å²) in [5.41, 5.74) is 6.15. The van der Waals surface area contributed by atoms with Gasteiger partial charge in [0.1, 0.15) is 5.82 Å². The van der Waals surface area contributed by atoms with E-state index >= 15 is 0 Å². The lowest BCUT2D eigenvalue weighted by atomic mass is 10.0. The number of rotatable bonds is 4. The van der Waals surface area contributed by atoms with Crippen LogP contribution in [0, 0.1) is 5.82 Å². The number of nitrogens with one attached hydrogen (secondary N) is 2. The molecule has 0 atom stereocenters. The molecular weight excluding hydrogens is 317 g/mol. The first-order valence-electron chi connectivity index (χ1n) is 8.31. The molecule has 25 heavy (non-hydrogen) atoms. The number of carbonyl (C=O) groups is 1. The first-order valence-corrected chi connectivity index (χ1v) is 8.31. The molecule has 0 fully saturated rings. The van der Waals surface area contributed by atoms with E-state index in [1.807, 2.05) is 6.20 Å². The number of carbonyl (C=O) groups excluding carboxylic acids is 1. The molecule has 1 aromatic heterocycles. The minimum atomic E-state index is -0.247. The van der Waals surface area contributed by atoms with Crippen LogP contribution in [0.25, 0.3) is 22.0 Å². The van der Waals surface area contributed by atoms with Crippen LogP contribution in [0.15, 0.2) is 47.6 Å². The Hall–Kier alpha value is -2.95. The van der Waals surface area contributed by atoms with Crippen molar-refractivity contribution in [3.63, 3.8) is 0 Å². The van der Waals surface area contributed by atoms with E-state index in [1.165, 1.54) is 24.6 Å². The zero-order chi connectivity index (χ0) is 17.4. The molecule has 1 amide bonds. The summed E-state index contributed by atoms with van der Waals surface area (Å²) >= 11 is 0. The van der Waals surface area contributed by atoms with Crippen molar-refractivity contribution in [2.24, 2.45) is 4.99 Å². The molecule has 0 saturated carbocycles. The van der Waals surface area contributed by atoms with Gasteiger partial charge in [0.05, 0.1) is 5.69 Å². The summed E-state index contributed by atoms with van der Waals surface area (Å²) in [7, 11) is 0. The molecule has 1 aliphatic rings. The molecule has 0 bridgehead atoms. The van der Waals surface area contributed by atoms with Gasteiger partial charge >= 0.3 is 0 Å². The second-order valence-electron chi connectivity index (χ2n) is 6.32. The predicted octanol–water partition coefficient (Wildman–Crippen LogP) is 4.13. The molecule has 2 N–H and O–H groups in total. The van der Waals surface area contributed by atoms with Crippen molar-refractivity contribution in [2.75, 3.05) is 6.54 Å². The molecule has 4 nitrogen and oxygen atoms in total. The van der Waals surface area contributed by atoms with Crippen molar-refractivity contribution in [1.82, 2.24) is 10.3 Å². The van der Waals surface area contributed by atoms with Gasteiger partial charge in [0.15, 0.2) is 0 Å². The first-order chi connectivity index (χ1) is 12.1. The summed E-state index contributed by atoms with van der Waals surface area (Å²) in [6.07, 6.45) is 3.49. The van der Waals surface area contributed by atoms with Crippen molar-refractivity contribution >= 4 is 28.2 Å². The highest BCUT2D eigenvalue weighted by Gasteiger charge is 2.16. The van der Waals surface area contributed by atoms with E-state index in [0.717, 1.165) is 46.3 Å². The largest absolute Gasteiger partial charge is 0.360 e. The van der Waals surface area contributed by atoms with E-state index in [2.05, 4.69) is 28.5 Å². The Labute approximate surface area is 144 Å².